The molecular weight excluding hydrogens is 398 g/mol. The number of nitrogens with one attached hydrogen (secondary N) is 2. The minimum atomic E-state index is 0.185. The van der Waals surface area contributed by atoms with Gasteiger partial charge in [0.25, 0.3) is 0 Å². The summed E-state index contributed by atoms with van der Waals surface area (Å²) in [6, 6.07) is 13.2. The molecule has 1 saturated heterocycles. The first-order valence-corrected chi connectivity index (χ1v) is 11.5. The minimum Gasteiger partial charge on any atom is -0.354 e. The molecule has 32 heavy (non-hydrogen) atoms. The lowest BCUT2D eigenvalue weighted by Gasteiger charge is -2.32. The van der Waals surface area contributed by atoms with Gasteiger partial charge in [-0.25, -0.2) is 0 Å². The molecule has 0 unspecified atom stereocenters. The number of benzene rings is 2. The zero-order valence-corrected chi connectivity index (χ0v) is 19.1. The standard InChI is InChI=1S/C26H31N5O/c1-4-19-21-14-18(17-10-12-31(13-11-17)16-25(32)30(2)3)8-9-23(21)28-26(19)20-6-5-7-24-22(20)15-27-29-24/h5-9,14-15,17,28H,4,10-13,16H2,1-3H3,(H,27,29). The van der Waals surface area contributed by atoms with Gasteiger partial charge < -0.3 is 9.88 Å². The summed E-state index contributed by atoms with van der Waals surface area (Å²) in [5.41, 5.74) is 7.43. The van der Waals surface area contributed by atoms with Crippen LogP contribution >= 0.6 is 0 Å². The summed E-state index contributed by atoms with van der Waals surface area (Å²) in [5, 5.41) is 9.79. The fourth-order valence-electron chi connectivity index (χ4n) is 5.06. The maximum atomic E-state index is 12.0. The van der Waals surface area contributed by atoms with Crippen LogP contribution in [0.3, 0.4) is 0 Å². The van der Waals surface area contributed by atoms with Crippen molar-refractivity contribution in [1.82, 2.24) is 25.0 Å². The number of carbonyl (C=O) groups is 1. The number of H-pyrrole nitrogens is 2. The van der Waals surface area contributed by atoms with Crippen LogP contribution < -0.4 is 0 Å². The van der Waals surface area contributed by atoms with E-state index >= 15 is 0 Å². The van der Waals surface area contributed by atoms with Crippen LogP contribution in [0.1, 0.15) is 36.8 Å². The molecule has 2 aromatic carbocycles. The van der Waals surface area contributed by atoms with Gasteiger partial charge in [0, 0.05) is 35.9 Å². The van der Waals surface area contributed by atoms with E-state index in [-0.39, 0.29) is 5.91 Å². The van der Waals surface area contributed by atoms with Gasteiger partial charge >= 0.3 is 0 Å². The van der Waals surface area contributed by atoms with Crippen molar-refractivity contribution in [3.8, 4) is 11.3 Å². The summed E-state index contributed by atoms with van der Waals surface area (Å²) in [5.74, 6) is 0.732. The van der Waals surface area contributed by atoms with Crippen LogP contribution in [-0.4, -0.2) is 64.6 Å². The van der Waals surface area contributed by atoms with Gasteiger partial charge in [0.1, 0.15) is 0 Å². The fourth-order valence-corrected chi connectivity index (χ4v) is 5.06. The second-order valence-corrected chi connectivity index (χ2v) is 9.11. The van der Waals surface area contributed by atoms with Crippen LogP contribution in [0, 0.1) is 0 Å². The third-order valence-electron chi connectivity index (χ3n) is 6.95. The number of amides is 1. The van der Waals surface area contributed by atoms with Crippen molar-refractivity contribution in [2.75, 3.05) is 33.7 Å². The molecule has 0 bridgehead atoms. The molecule has 0 spiro atoms. The monoisotopic (exact) mass is 429 g/mol. The van der Waals surface area contributed by atoms with Crippen LogP contribution in [0.5, 0.6) is 0 Å². The Labute approximate surface area is 188 Å². The summed E-state index contributed by atoms with van der Waals surface area (Å²) in [7, 11) is 3.65. The summed E-state index contributed by atoms with van der Waals surface area (Å²) in [4.78, 5) is 19.7. The third-order valence-corrected chi connectivity index (χ3v) is 6.95. The Bertz CT molecular complexity index is 1260. The Morgan fingerprint density at radius 2 is 1.94 bits per heavy atom. The highest BCUT2D eigenvalue weighted by Gasteiger charge is 2.23. The van der Waals surface area contributed by atoms with Gasteiger partial charge in [-0.1, -0.05) is 25.1 Å². The number of aromatic nitrogens is 3. The number of fused-ring (bicyclic) bond motifs is 2. The van der Waals surface area contributed by atoms with Crippen molar-refractivity contribution in [3.05, 3.63) is 53.7 Å². The van der Waals surface area contributed by atoms with E-state index in [1.165, 1.54) is 33.3 Å². The summed E-state index contributed by atoms with van der Waals surface area (Å²) in [6.07, 6.45) is 5.08. The predicted molar refractivity (Wildman–Crippen MR) is 130 cm³/mol. The fraction of sp³-hybridized carbons (Fsp3) is 0.385. The van der Waals surface area contributed by atoms with Gasteiger partial charge in [0.15, 0.2) is 0 Å². The van der Waals surface area contributed by atoms with Gasteiger partial charge in [0.2, 0.25) is 5.91 Å². The van der Waals surface area contributed by atoms with Crippen molar-refractivity contribution in [2.24, 2.45) is 0 Å². The molecule has 5 rings (SSSR count). The molecule has 4 aromatic rings. The van der Waals surface area contributed by atoms with Gasteiger partial charge in [-0.05, 0) is 67.6 Å². The Balaban J connectivity index is 1.43. The van der Waals surface area contributed by atoms with E-state index in [2.05, 4.69) is 63.4 Å². The van der Waals surface area contributed by atoms with Crippen molar-refractivity contribution in [2.45, 2.75) is 32.1 Å². The van der Waals surface area contributed by atoms with Gasteiger partial charge in [-0.15, -0.1) is 0 Å². The van der Waals surface area contributed by atoms with Crippen LogP contribution in [-0.2, 0) is 11.2 Å². The normalized spacial score (nSPS) is 15.6. The Kier molecular flexibility index (Phi) is 5.47. The molecule has 0 radical (unpaired) electrons. The largest absolute Gasteiger partial charge is 0.354 e. The Morgan fingerprint density at radius 1 is 1.12 bits per heavy atom. The third kappa shape index (κ3) is 3.69. The van der Waals surface area contributed by atoms with Crippen LogP contribution in [0.15, 0.2) is 42.6 Å². The number of aryl methyl sites for hydroxylation is 1. The van der Waals surface area contributed by atoms with Gasteiger partial charge in [0.05, 0.1) is 24.0 Å². The van der Waals surface area contributed by atoms with E-state index in [0.29, 0.717) is 12.5 Å². The van der Waals surface area contributed by atoms with Crippen molar-refractivity contribution >= 4 is 27.7 Å². The number of likely N-dealkylation sites (N-methyl/N-ethyl adjacent to an activating group) is 1. The molecule has 2 N–H and O–H groups in total. The van der Waals surface area contributed by atoms with E-state index < -0.39 is 0 Å². The quantitative estimate of drug-likeness (QED) is 0.489. The first kappa shape index (κ1) is 20.8. The molecule has 6 nitrogen and oxygen atoms in total. The van der Waals surface area contributed by atoms with Crippen molar-refractivity contribution < 1.29 is 4.79 Å². The van der Waals surface area contributed by atoms with Crippen LogP contribution in [0.25, 0.3) is 33.1 Å². The first-order chi connectivity index (χ1) is 15.5. The highest BCUT2D eigenvalue weighted by atomic mass is 16.2. The molecule has 6 heteroatoms. The second kappa shape index (κ2) is 8.43. The van der Waals surface area contributed by atoms with E-state index in [0.717, 1.165) is 43.3 Å². The molecule has 166 valence electrons. The number of piperidine rings is 1. The van der Waals surface area contributed by atoms with E-state index in [1.54, 1.807) is 4.90 Å². The molecule has 1 aliphatic heterocycles. The highest BCUT2D eigenvalue weighted by Crippen LogP contribution is 2.37. The van der Waals surface area contributed by atoms with E-state index in [9.17, 15) is 4.79 Å². The number of hydrogen-bond donors (Lipinski definition) is 2. The average Bonchev–Trinajstić information content (AvgIpc) is 3.43. The zero-order valence-electron chi connectivity index (χ0n) is 19.1. The average molecular weight is 430 g/mol. The molecule has 0 aliphatic carbocycles. The number of carbonyl (C=O) groups excluding carboxylic acids is 1. The number of likely N-dealkylation sites (tertiary alicyclic amines) is 1. The summed E-state index contributed by atoms with van der Waals surface area (Å²) in [6.45, 7) is 4.71. The maximum Gasteiger partial charge on any atom is 0.236 e. The number of rotatable bonds is 5. The molecule has 0 atom stereocenters. The SMILES string of the molecule is CCc1c(-c2cccc3[nH]ncc23)[nH]c2ccc(C3CCN(CC(=O)N(C)C)CC3)cc12. The molecule has 1 fully saturated rings. The number of aromatic amines is 2. The van der Waals surface area contributed by atoms with Crippen molar-refractivity contribution in [3.63, 3.8) is 0 Å². The Hall–Kier alpha value is -3.12. The van der Waals surface area contributed by atoms with Crippen LogP contribution in [0.2, 0.25) is 0 Å². The first-order valence-electron chi connectivity index (χ1n) is 11.5. The topological polar surface area (TPSA) is 68.0 Å². The molecule has 2 aromatic heterocycles. The lowest BCUT2D eigenvalue weighted by atomic mass is 9.88. The second-order valence-electron chi connectivity index (χ2n) is 9.11. The number of hydrogen-bond acceptors (Lipinski definition) is 3. The number of nitrogens with zero attached hydrogens (tertiary/aromatic N) is 3. The Morgan fingerprint density at radius 3 is 2.69 bits per heavy atom. The smallest absolute Gasteiger partial charge is 0.236 e. The molecule has 3 heterocycles. The van der Waals surface area contributed by atoms with Gasteiger partial charge in [-0.3, -0.25) is 14.8 Å². The molecule has 0 saturated carbocycles. The van der Waals surface area contributed by atoms with Crippen LogP contribution in [0.4, 0.5) is 0 Å². The maximum absolute atomic E-state index is 12.0. The zero-order chi connectivity index (χ0) is 22.2. The van der Waals surface area contributed by atoms with Gasteiger partial charge in [-0.2, -0.15) is 5.10 Å². The highest BCUT2D eigenvalue weighted by molar-refractivity contribution is 5.99. The molecule has 1 aliphatic rings. The summed E-state index contributed by atoms with van der Waals surface area (Å²) >= 11 is 0. The molecule has 1 amide bonds. The van der Waals surface area contributed by atoms with E-state index in [1.807, 2.05) is 20.3 Å². The minimum absolute atomic E-state index is 0.185. The lowest BCUT2D eigenvalue weighted by molar-refractivity contribution is -0.130. The lowest BCUT2D eigenvalue weighted by Crippen LogP contribution is -2.40. The molecular formula is C26H31N5O. The van der Waals surface area contributed by atoms with Crippen molar-refractivity contribution in [1.29, 1.82) is 0 Å². The van der Waals surface area contributed by atoms with E-state index in [4.69, 9.17) is 0 Å². The predicted octanol–water partition coefficient (Wildman–Crippen LogP) is 4.54. The summed E-state index contributed by atoms with van der Waals surface area (Å²) < 4.78 is 0.